The van der Waals surface area contributed by atoms with Gasteiger partial charge in [-0.25, -0.2) is 23.7 Å². The van der Waals surface area contributed by atoms with E-state index >= 15 is 4.39 Å². The molecule has 2 N–H and O–H groups in total. The number of piperazine rings is 1. The van der Waals surface area contributed by atoms with Gasteiger partial charge in [0.2, 0.25) is 5.95 Å². The Morgan fingerprint density at radius 2 is 1.82 bits per heavy atom. The van der Waals surface area contributed by atoms with E-state index in [9.17, 15) is 4.39 Å². The van der Waals surface area contributed by atoms with Crippen LogP contribution in [-0.2, 0) is 0 Å². The minimum atomic E-state index is -0.638. The van der Waals surface area contributed by atoms with Crippen LogP contribution in [0.15, 0.2) is 36.5 Å². The van der Waals surface area contributed by atoms with Crippen LogP contribution in [0.5, 0.6) is 0 Å². The fourth-order valence-electron chi connectivity index (χ4n) is 5.11. The third-order valence-corrected chi connectivity index (χ3v) is 6.88. The van der Waals surface area contributed by atoms with Crippen molar-refractivity contribution in [1.82, 2.24) is 24.4 Å². The van der Waals surface area contributed by atoms with Crippen LogP contribution in [0.4, 0.5) is 31.8 Å². The summed E-state index contributed by atoms with van der Waals surface area (Å²) in [6.07, 6.45) is 6.64. The quantitative estimate of drug-likeness (QED) is 0.304. The van der Waals surface area contributed by atoms with Crippen molar-refractivity contribution < 1.29 is 8.78 Å². The zero-order valence-electron chi connectivity index (χ0n) is 22.6. The number of hydrogen-bond donors (Lipinski definition) is 2. The van der Waals surface area contributed by atoms with Crippen LogP contribution >= 0.6 is 0 Å². The van der Waals surface area contributed by atoms with E-state index in [0.29, 0.717) is 16.9 Å². The molecule has 2 aromatic carbocycles. The molecule has 1 aliphatic heterocycles. The Labute approximate surface area is 227 Å². The number of fused-ring (bicyclic) bond motifs is 1. The van der Waals surface area contributed by atoms with Gasteiger partial charge < -0.3 is 25.0 Å². The summed E-state index contributed by atoms with van der Waals surface area (Å²) in [5, 5.41) is 6.60. The summed E-state index contributed by atoms with van der Waals surface area (Å²) in [5.74, 6) is -0.259. The summed E-state index contributed by atoms with van der Waals surface area (Å²) in [5.41, 5.74) is 3.97. The number of rotatable bonds is 7. The second kappa shape index (κ2) is 10.8. The summed E-state index contributed by atoms with van der Waals surface area (Å²) >= 11 is 0. The number of nitrogens with one attached hydrogen (secondary N) is 2. The molecular weight excluding hydrogens is 498 g/mol. The number of aryl methyl sites for hydroxylation is 1. The molecule has 10 heteroatoms. The summed E-state index contributed by atoms with van der Waals surface area (Å²) in [6.45, 7) is 11.9. The standard InChI is InChI=1S/C29H32F2N8/c1-6-32-24-16-21(8-9-25(24)38-12-10-37(7-2)11-13-38)35-29-33-17-23(31)27(36-29)20-14-22(30)28-26(15-20)39(18(3)4)19(5)34-28/h2,8-9,14-18,32H,6,10-13H2,1,3-5H3,(H,33,35,36). The summed E-state index contributed by atoms with van der Waals surface area (Å²) in [4.78, 5) is 17.2. The second-order valence-corrected chi connectivity index (χ2v) is 9.83. The van der Waals surface area contributed by atoms with Crippen LogP contribution in [0.2, 0.25) is 0 Å². The van der Waals surface area contributed by atoms with Crippen LogP contribution in [0.3, 0.4) is 0 Å². The Bertz CT molecular complexity index is 1550. The van der Waals surface area contributed by atoms with Gasteiger partial charge in [0.1, 0.15) is 17.0 Å². The largest absolute Gasteiger partial charge is 0.384 e. The Balaban J connectivity index is 1.45. The number of imidazole rings is 1. The molecule has 202 valence electrons. The Hall–Kier alpha value is -4.39. The van der Waals surface area contributed by atoms with Gasteiger partial charge >= 0.3 is 0 Å². The molecule has 0 unspecified atom stereocenters. The van der Waals surface area contributed by atoms with Crippen molar-refractivity contribution in [3.63, 3.8) is 0 Å². The molecule has 2 aromatic heterocycles. The number of halogens is 2. The molecule has 0 spiro atoms. The fourth-order valence-corrected chi connectivity index (χ4v) is 5.11. The van der Waals surface area contributed by atoms with Crippen molar-refractivity contribution in [3.8, 4) is 23.7 Å². The molecule has 0 radical (unpaired) electrons. The van der Waals surface area contributed by atoms with Crippen molar-refractivity contribution >= 4 is 34.0 Å². The average Bonchev–Trinajstić information content (AvgIpc) is 3.27. The smallest absolute Gasteiger partial charge is 0.227 e. The van der Waals surface area contributed by atoms with Crippen LogP contribution in [0, 0.1) is 31.0 Å². The van der Waals surface area contributed by atoms with Gasteiger partial charge in [-0.3, -0.25) is 0 Å². The number of aromatic nitrogens is 4. The lowest BCUT2D eigenvalue weighted by Gasteiger charge is -2.35. The lowest BCUT2D eigenvalue weighted by molar-refractivity contribution is 0.369. The van der Waals surface area contributed by atoms with Gasteiger partial charge in [0, 0.05) is 56.1 Å². The van der Waals surface area contributed by atoms with Gasteiger partial charge in [-0.2, -0.15) is 0 Å². The van der Waals surface area contributed by atoms with Gasteiger partial charge in [0.15, 0.2) is 11.6 Å². The van der Waals surface area contributed by atoms with E-state index in [1.807, 2.05) is 55.4 Å². The molecule has 1 aliphatic rings. The summed E-state index contributed by atoms with van der Waals surface area (Å²) < 4.78 is 31.9. The monoisotopic (exact) mass is 530 g/mol. The highest BCUT2D eigenvalue weighted by molar-refractivity contribution is 5.83. The number of anilines is 4. The number of hydrogen-bond acceptors (Lipinski definition) is 7. The van der Waals surface area contributed by atoms with Gasteiger partial charge in [-0.1, -0.05) is 6.42 Å². The molecule has 0 bridgehead atoms. The first-order valence-corrected chi connectivity index (χ1v) is 13.1. The van der Waals surface area contributed by atoms with Crippen LogP contribution in [-0.4, -0.2) is 57.1 Å². The molecule has 5 rings (SSSR count). The predicted octanol–water partition coefficient (Wildman–Crippen LogP) is 5.55. The summed E-state index contributed by atoms with van der Waals surface area (Å²) in [6, 6.07) is 11.7. The molecule has 0 saturated carbocycles. The van der Waals surface area contributed by atoms with Gasteiger partial charge in [-0.05, 0) is 58.0 Å². The summed E-state index contributed by atoms with van der Waals surface area (Å²) in [7, 11) is 0. The number of nitrogens with zero attached hydrogens (tertiary/aromatic N) is 6. The van der Waals surface area contributed by atoms with Crippen molar-refractivity contribution in [2.45, 2.75) is 33.7 Å². The highest BCUT2D eigenvalue weighted by Crippen LogP contribution is 2.33. The third kappa shape index (κ3) is 5.17. The molecule has 0 amide bonds. The van der Waals surface area contributed by atoms with Crippen LogP contribution < -0.4 is 15.5 Å². The zero-order chi connectivity index (χ0) is 27.7. The molecule has 8 nitrogen and oxygen atoms in total. The zero-order valence-corrected chi connectivity index (χ0v) is 22.6. The van der Waals surface area contributed by atoms with Gasteiger partial charge in [-0.15, -0.1) is 0 Å². The SMILES string of the molecule is C#CN1CCN(c2ccc(Nc3ncc(F)c(-c4cc(F)c5nc(C)n(C(C)C)c5c4)n3)cc2NCC)CC1. The highest BCUT2D eigenvalue weighted by Gasteiger charge is 2.20. The Morgan fingerprint density at radius 3 is 2.51 bits per heavy atom. The van der Waals surface area contributed by atoms with Crippen LogP contribution in [0.1, 0.15) is 32.6 Å². The molecular formula is C29H32F2N8. The predicted molar refractivity (Wildman–Crippen MR) is 152 cm³/mol. The molecule has 1 fully saturated rings. The number of benzene rings is 2. The topological polar surface area (TPSA) is 74.1 Å². The highest BCUT2D eigenvalue weighted by atomic mass is 19.1. The molecule has 0 aliphatic carbocycles. The van der Waals surface area contributed by atoms with Gasteiger partial charge in [0.05, 0.1) is 23.1 Å². The molecule has 4 aromatic rings. The lowest BCUT2D eigenvalue weighted by Crippen LogP contribution is -2.44. The first-order valence-electron chi connectivity index (χ1n) is 13.1. The minimum Gasteiger partial charge on any atom is -0.384 e. The maximum absolute atomic E-state index is 15.0. The van der Waals surface area contributed by atoms with Crippen LogP contribution in [0.25, 0.3) is 22.3 Å². The second-order valence-electron chi connectivity index (χ2n) is 9.83. The first-order chi connectivity index (χ1) is 18.8. The lowest BCUT2D eigenvalue weighted by atomic mass is 10.1. The minimum absolute atomic E-state index is 0.0115. The Morgan fingerprint density at radius 1 is 1.05 bits per heavy atom. The fraction of sp³-hybridized carbons (Fsp3) is 0.345. The van der Waals surface area contributed by atoms with E-state index in [1.54, 1.807) is 6.07 Å². The van der Waals surface area contributed by atoms with Gasteiger partial charge in [0.25, 0.3) is 0 Å². The molecule has 0 atom stereocenters. The van der Waals surface area contributed by atoms with E-state index in [2.05, 4.69) is 36.5 Å². The van der Waals surface area contributed by atoms with Crippen molar-refractivity contribution in [1.29, 1.82) is 0 Å². The van der Waals surface area contributed by atoms with E-state index < -0.39 is 11.6 Å². The van der Waals surface area contributed by atoms with E-state index in [1.165, 1.54) is 6.07 Å². The van der Waals surface area contributed by atoms with E-state index in [-0.39, 0.29) is 23.2 Å². The van der Waals surface area contributed by atoms with E-state index in [0.717, 1.165) is 56.0 Å². The molecule has 1 saturated heterocycles. The Kier molecular flexibility index (Phi) is 7.24. The maximum Gasteiger partial charge on any atom is 0.227 e. The van der Waals surface area contributed by atoms with Crippen molar-refractivity contribution in [2.24, 2.45) is 0 Å². The number of terminal acetylenes is 1. The van der Waals surface area contributed by atoms with Crippen molar-refractivity contribution in [3.05, 3.63) is 54.0 Å². The third-order valence-electron chi connectivity index (χ3n) is 6.88. The van der Waals surface area contributed by atoms with Crippen molar-refractivity contribution in [2.75, 3.05) is 48.3 Å². The van der Waals surface area contributed by atoms with E-state index in [4.69, 9.17) is 6.42 Å². The average molecular weight is 531 g/mol. The normalized spacial score (nSPS) is 13.7. The first kappa shape index (κ1) is 26.2. The molecule has 3 heterocycles. The molecule has 39 heavy (non-hydrogen) atoms. The maximum atomic E-state index is 15.0.